The molecule has 7 nitrogen and oxygen atoms in total. The van der Waals surface area contributed by atoms with E-state index in [2.05, 4.69) is 4.98 Å². The fourth-order valence-electron chi connectivity index (χ4n) is 4.71. The number of carbonyl (C=O) groups excluding carboxylic acids is 2. The van der Waals surface area contributed by atoms with Crippen molar-refractivity contribution in [3.63, 3.8) is 0 Å². The number of nitrogens with one attached hydrogen (secondary N) is 1. The van der Waals surface area contributed by atoms with E-state index in [0.29, 0.717) is 29.2 Å². The van der Waals surface area contributed by atoms with Crippen LogP contribution in [0.2, 0.25) is 0 Å². The van der Waals surface area contributed by atoms with Crippen LogP contribution in [0.4, 0.5) is 0 Å². The number of ketones is 1. The number of aryl methyl sites for hydroxylation is 1. The van der Waals surface area contributed by atoms with Gasteiger partial charge in [-0.25, -0.2) is 4.98 Å². The molecule has 0 radical (unpaired) electrons. The summed E-state index contributed by atoms with van der Waals surface area (Å²) in [7, 11) is 1.54. The van der Waals surface area contributed by atoms with Gasteiger partial charge in [0.2, 0.25) is 5.78 Å². The van der Waals surface area contributed by atoms with Crippen molar-refractivity contribution in [2.24, 2.45) is 0 Å². The van der Waals surface area contributed by atoms with Crippen molar-refractivity contribution in [1.29, 1.82) is 0 Å². The summed E-state index contributed by atoms with van der Waals surface area (Å²) in [5.74, 6) is -0.844. The normalized spacial score (nSPS) is 16.4. The first kappa shape index (κ1) is 25.7. The van der Waals surface area contributed by atoms with Crippen molar-refractivity contribution in [2.75, 3.05) is 7.11 Å². The molecule has 1 atom stereocenters. The predicted octanol–water partition coefficient (Wildman–Crippen LogP) is 3.82. The second kappa shape index (κ2) is 11.2. The van der Waals surface area contributed by atoms with E-state index in [9.17, 15) is 14.7 Å². The molecule has 1 fully saturated rings. The lowest BCUT2D eigenvalue weighted by molar-refractivity contribution is -0.378. The van der Waals surface area contributed by atoms with E-state index in [0.717, 1.165) is 16.7 Å². The largest absolute Gasteiger partial charge is 0.872 e. The highest BCUT2D eigenvalue weighted by Gasteiger charge is 2.44. The summed E-state index contributed by atoms with van der Waals surface area (Å²) in [5, 5.41) is 13.8. The maximum atomic E-state index is 13.8. The van der Waals surface area contributed by atoms with Crippen molar-refractivity contribution < 1.29 is 29.2 Å². The lowest BCUT2D eigenvalue weighted by atomic mass is 9.95. The van der Waals surface area contributed by atoms with E-state index in [1.807, 2.05) is 43.3 Å². The minimum atomic E-state index is -0.857. The monoisotopic (exact) mass is 520 g/mol. The van der Waals surface area contributed by atoms with Gasteiger partial charge in [-0.2, -0.15) is 0 Å². The molecule has 1 amide bonds. The Kier molecular flexibility index (Phi) is 7.41. The Morgan fingerprint density at radius 3 is 2.46 bits per heavy atom. The summed E-state index contributed by atoms with van der Waals surface area (Å²) in [6, 6.07) is 24.5. The molecular formula is C32H28N2O5. The quantitative estimate of drug-likeness (QED) is 0.200. The molecule has 1 aromatic heterocycles. The van der Waals surface area contributed by atoms with E-state index in [4.69, 9.17) is 9.47 Å². The van der Waals surface area contributed by atoms with Crippen LogP contribution in [0, 0.1) is 6.92 Å². The van der Waals surface area contributed by atoms with Crippen LogP contribution in [-0.4, -0.2) is 23.7 Å². The van der Waals surface area contributed by atoms with Gasteiger partial charge in [0.05, 0.1) is 19.7 Å². The van der Waals surface area contributed by atoms with E-state index in [1.165, 1.54) is 4.90 Å². The fourth-order valence-corrected chi connectivity index (χ4v) is 4.71. The molecule has 0 saturated carbocycles. The van der Waals surface area contributed by atoms with E-state index in [1.54, 1.807) is 68.0 Å². The van der Waals surface area contributed by atoms with Gasteiger partial charge in [0.15, 0.2) is 12.4 Å². The molecule has 0 bridgehead atoms. The molecule has 1 N–H and O–H groups in total. The Balaban J connectivity index is 1.49. The summed E-state index contributed by atoms with van der Waals surface area (Å²) < 4.78 is 11.3. The topological polar surface area (TPSA) is 93.0 Å². The van der Waals surface area contributed by atoms with E-state index < -0.39 is 23.5 Å². The minimum Gasteiger partial charge on any atom is -0.872 e. The minimum absolute atomic E-state index is 0.0817. The summed E-state index contributed by atoms with van der Waals surface area (Å²) in [6.45, 7) is 2.58. The summed E-state index contributed by atoms with van der Waals surface area (Å²) in [4.78, 5) is 31.0. The average Bonchev–Trinajstić information content (AvgIpc) is 3.22. The van der Waals surface area contributed by atoms with E-state index >= 15 is 0 Å². The van der Waals surface area contributed by atoms with Crippen LogP contribution in [-0.2, 0) is 22.7 Å². The van der Waals surface area contributed by atoms with Crippen LogP contribution >= 0.6 is 0 Å². The SMILES string of the molecule is COc1cccc(C2C(=C([O-])c3ccc(OCc4ccccc4C)cc3)C(=O)C(=O)N2Cc2ccc[nH+]c2)c1. The number of likely N-dealkylation sites (tertiary alicyclic amines) is 1. The first-order valence-corrected chi connectivity index (χ1v) is 12.6. The van der Waals surface area contributed by atoms with Gasteiger partial charge in [0.1, 0.15) is 18.1 Å². The molecule has 3 aromatic carbocycles. The zero-order chi connectivity index (χ0) is 27.4. The van der Waals surface area contributed by atoms with Gasteiger partial charge in [-0.15, -0.1) is 0 Å². The maximum absolute atomic E-state index is 13.8. The van der Waals surface area contributed by atoms with Crippen molar-refractivity contribution in [3.05, 3.63) is 131 Å². The van der Waals surface area contributed by atoms with E-state index in [-0.39, 0.29) is 12.1 Å². The number of H-pyrrole nitrogens is 1. The molecule has 1 aliphatic heterocycles. The Morgan fingerprint density at radius 2 is 1.74 bits per heavy atom. The van der Waals surface area contributed by atoms with Crippen LogP contribution < -0.4 is 19.6 Å². The standard InChI is InChI=1S/C32H28N2O5/c1-21-7-3-4-9-25(21)20-39-26-14-12-23(13-15-26)30(35)28-29(24-10-5-11-27(17-24)38-2)34(32(37)31(28)36)19-22-8-6-16-33-18-22/h3-18,29,35H,19-20H2,1-2H3. The molecule has 1 aliphatic rings. The number of hydrogen-bond donors (Lipinski definition) is 0. The lowest BCUT2D eigenvalue weighted by Crippen LogP contribution is -2.29. The average molecular weight is 521 g/mol. The molecule has 7 heteroatoms. The highest BCUT2D eigenvalue weighted by molar-refractivity contribution is 6.46. The molecule has 39 heavy (non-hydrogen) atoms. The van der Waals surface area contributed by atoms with Crippen molar-refractivity contribution in [3.8, 4) is 11.5 Å². The zero-order valence-corrected chi connectivity index (χ0v) is 21.7. The second-order valence-corrected chi connectivity index (χ2v) is 9.34. The number of aromatic amines is 1. The molecule has 5 rings (SSSR count). The number of pyridine rings is 1. The molecule has 1 saturated heterocycles. The summed E-state index contributed by atoms with van der Waals surface area (Å²) in [5.41, 5.74) is 3.84. The van der Waals surface area contributed by atoms with Crippen LogP contribution in [0.3, 0.4) is 0 Å². The molecular weight excluding hydrogens is 492 g/mol. The third-order valence-corrected chi connectivity index (χ3v) is 6.84. The number of benzene rings is 3. The predicted molar refractivity (Wildman–Crippen MR) is 143 cm³/mol. The zero-order valence-electron chi connectivity index (χ0n) is 21.7. The first-order chi connectivity index (χ1) is 19.0. The molecule has 0 aliphatic carbocycles. The van der Waals surface area contributed by atoms with Gasteiger partial charge < -0.3 is 19.5 Å². The smallest absolute Gasteiger partial charge is 0.295 e. The third kappa shape index (κ3) is 5.38. The third-order valence-electron chi connectivity index (χ3n) is 6.84. The van der Waals surface area contributed by atoms with Gasteiger partial charge in [0.25, 0.3) is 5.91 Å². The number of rotatable bonds is 8. The number of Topliss-reactive ketones (excluding diaryl/α,β-unsaturated/α-hetero) is 1. The number of ether oxygens (including phenoxy) is 2. The second-order valence-electron chi connectivity index (χ2n) is 9.34. The number of carbonyl (C=O) groups is 2. The van der Waals surface area contributed by atoms with Gasteiger partial charge in [0, 0.05) is 17.2 Å². The first-order valence-electron chi connectivity index (χ1n) is 12.6. The molecule has 4 aromatic rings. The number of aromatic nitrogens is 1. The molecule has 2 heterocycles. The Bertz CT molecular complexity index is 1530. The van der Waals surface area contributed by atoms with Crippen molar-refractivity contribution in [1.82, 2.24) is 4.90 Å². The van der Waals surface area contributed by atoms with Gasteiger partial charge >= 0.3 is 0 Å². The van der Waals surface area contributed by atoms with Crippen molar-refractivity contribution in [2.45, 2.75) is 26.1 Å². The summed E-state index contributed by atoms with van der Waals surface area (Å²) in [6.07, 6.45) is 3.52. The number of methoxy groups -OCH3 is 1. The van der Waals surface area contributed by atoms with Crippen LogP contribution in [0.15, 0.2) is 103 Å². The van der Waals surface area contributed by atoms with Crippen LogP contribution in [0.25, 0.3) is 5.76 Å². The molecule has 196 valence electrons. The fraction of sp³-hybridized carbons (Fsp3) is 0.156. The van der Waals surface area contributed by atoms with Gasteiger partial charge in [-0.3, -0.25) is 9.59 Å². The van der Waals surface area contributed by atoms with Crippen LogP contribution in [0.1, 0.15) is 33.9 Å². The number of amides is 1. The highest BCUT2D eigenvalue weighted by atomic mass is 16.5. The lowest BCUT2D eigenvalue weighted by Gasteiger charge is -2.27. The maximum Gasteiger partial charge on any atom is 0.295 e. The van der Waals surface area contributed by atoms with Crippen LogP contribution in [0.5, 0.6) is 11.5 Å². The van der Waals surface area contributed by atoms with Gasteiger partial charge in [-0.05, 0) is 59.5 Å². The molecule has 0 spiro atoms. The molecule has 1 unspecified atom stereocenters. The Morgan fingerprint density at radius 1 is 0.949 bits per heavy atom. The number of hydrogen-bond acceptors (Lipinski definition) is 5. The van der Waals surface area contributed by atoms with Crippen molar-refractivity contribution >= 4 is 17.4 Å². The Hall–Kier alpha value is -4.91. The Labute approximate surface area is 227 Å². The highest BCUT2D eigenvalue weighted by Crippen LogP contribution is 2.40. The number of nitrogens with zero attached hydrogens (tertiary/aromatic N) is 1. The van der Waals surface area contributed by atoms with Gasteiger partial charge in [-0.1, -0.05) is 54.3 Å². The summed E-state index contributed by atoms with van der Waals surface area (Å²) >= 11 is 0.